The van der Waals surface area contributed by atoms with Crippen LogP contribution in [0, 0.1) is 6.92 Å². The number of hydrogen-bond acceptors (Lipinski definition) is 4. The third-order valence-corrected chi connectivity index (χ3v) is 6.87. The topological polar surface area (TPSA) is 66.9 Å². The van der Waals surface area contributed by atoms with Gasteiger partial charge in [0.15, 0.2) is 0 Å². The zero-order valence-corrected chi connectivity index (χ0v) is 18.1. The van der Waals surface area contributed by atoms with E-state index in [2.05, 4.69) is 0 Å². The number of anilines is 1. The number of amides is 1. The lowest BCUT2D eigenvalue weighted by Crippen LogP contribution is -2.48. The van der Waals surface area contributed by atoms with Gasteiger partial charge in [0.1, 0.15) is 5.60 Å². The molecule has 1 amide bonds. The summed E-state index contributed by atoms with van der Waals surface area (Å²) in [4.78, 5) is 14.1. The van der Waals surface area contributed by atoms with Gasteiger partial charge in [-0.1, -0.05) is 11.6 Å². The quantitative estimate of drug-likeness (QED) is 0.702. The molecule has 0 radical (unpaired) electrons. The second-order valence-corrected chi connectivity index (χ2v) is 10.9. The first-order valence-corrected chi connectivity index (χ1v) is 11.3. The molecule has 1 aromatic rings. The molecule has 1 spiro atoms. The fourth-order valence-corrected chi connectivity index (χ4v) is 5.06. The lowest BCUT2D eigenvalue weighted by molar-refractivity contribution is 0.0171. The number of benzene rings is 1. The molecule has 2 aliphatic rings. The molecule has 0 aromatic heterocycles. The maximum atomic E-state index is 12.4. The first kappa shape index (κ1) is 20.3. The molecule has 8 heteroatoms. The van der Waals surface area contributed by atoms with Crippen molar-refractivity contribution in [3.8, 4) is 0 Å². The van der Waals surface area contributed by atoms with Gasteiger partial charge in [-0.3, -0.25) is 4.31 Å². The van der Waals surface area contributed by atoms with Crippen molar-refractivity contribution >= 4 is 33.4 Å². The maximum Gasteiger partial charge on any atom is 0.410 e. The molecule has 0 unspecified atom stereocenters. The van der Waals surface area contributed by atoms with E-state index in [-0.39, 0.29) is 11.5 Å². The minimum Gasteiger partial charge on any atom is -0.444 e. The molecule has 1 fully saturated rings. The highest BCUT2D eigenvalue weighted by atomic mass is 35.5. The van der Waals surface area contributed by atoms with Crippen LogP contribution in [-0.2, 0) is 20.2 Å². The number of likely N-dealkylation sites (tertiary alicyclic amines) is 1. The van der Waals surface area contributed by atoms with E-state index in [1.807, 2.05) is 39.8 Å². The highest BCUT2D eigenvalue weighted by Crippen LogP contribution is 2.49. The van der Waals surface area contributed by atoms with Crippen molar-refractivity contribution in [3.05, 3.63) is 28.3 Å². The Morgan fingerprint density at radius 3 is 2.33 bits per heavy atom. The number of hydrogen-bond donors (Lipinski definition) is 0. The van der Waals surface area contributed by atoms with Crippen LogP contribution < -0.4 is 4.31 Å². The van der Waals surface area contributed by atoms with Crippen LogP contribution in [0.3, 0.4) is 0 Å². The molecule has 2 aliphatic heterocycles. The SMILES string of the molecule is Cc1cc2c(cc1Cl)C1(CCN(C(=O)OC(C)(C)C)CC1)CN2S(C)(=O)=O. The summed E-state index contributed by atoms with van der Waals surface area (Å²) in [5.41, 5.74) is 1.67. The average Bonchev–Trinajstić information content (AvgIpc) is 2.81. The molecule has 0 atom stereocenters. The van der Waals surface area contributed by atoms with Crippen LogP contribution in [0.2, 0.25) is 5.02 Å². The molecule has 1 saturated heterocycles. The molecule has 3 rings (SSSR count). The number of rotatable bonds is 1. The maximum absolute atomic E-state index is 12.4. The molecule has 0 bridgehead atoms. The summed E-state index contributed by atoms with van der Waals surface area (Å²) >= 11 is 6.36. The number of sulfonamides is 1. The lowest BCUT2D eigenvalue weighted by Gasteiger charge is -2.40. The summed E-state index contributed by atoms with van der Waals surface area (Å²) in [6.07, 6.45) is 2.25. The van der Waals surface area contributed by atoms with Crippen LogP contribution in [0.25, 0.3) is 0 Å². The fourth-order valence-electron chi connectivity index (χ4n) is 3.91. The van der Waals surface area contributed by atoms with E-state index in [0.29, 0.717) is 43.2 Å². The van der Waals surface area contributed by atoms with Gasteiger partial charge in [0, 0.05) is 30.1 Å². The summed E-state index contributed by atoms with van der Waals surface area (Å²) in [5.74, 6) is 0. The minimum atomic E-state index is -3.39. The van der Waals surface area contributed by atoms with Crippen LogP contribution >= 0.6 is 11.6 Å². The molecule has 1 aromatic carbocycles. The highest BCUT2D eigenvalue weighted by Gasteiger charge is 2.48. The summed E-state index contributed by atoms with van der Waals surface area (Å²) in [6.45, 7) is 8.85. The van der Waals surface area contributed by atoms with E-state index in [4.69, 9.17) is 16.3 Å². The normalized spacial score (nSPS) is 19.3. The highest BCUT2D eigenvalue weighted by molar-refractivity contribution is 7.92. The van der Waals surface area contributed by atoms with E-state index in [9.17, 15) is 13.2 Å². The van der Waals surface area contributed by atoms with E-state index in [0.717, 1.165) is 11.1 Å². The van der Waals surface area contributed by atoms with E-state index < -0.39 is 15.6 Å². The monoisotopic (exact) mass is 414 g/mol. The zero-order valence-electron chi connectivity index (χ0n) is 16.5. The van der Waals surface area contributed by atoms with Crippen LogP contribution in [-0.4, -0.2) is 50.9 Å². The summed E-state index contributed by atoms with van der Waals surface area (Å²) in [5, 5.41) is 0.637. The molecule has 6 nitrogen and oxygen atoms in total. The van der Waals surface area contributed by atoms with Crippen LogP contribution in [0.5, 0.6) is 0 Å². The van der Waals surface area contributed by atoms with Gasteiger partial charge in [-0.05, 0) is 63.8 Å². The molecular weight excluding hydrogens is 388 g/mol. The fraction of sp³-hybridized carbons (Fsp3) is 0.632. The number of fused-ring (bicyclic) bond motifs is 2. The Labute approximate surface area is 166 Å². The molecule has 27 heavy (non-hydrogen) atoms. The molecular formula is C19H27ClN2O4S. The zero-order chi connectivity index (χ0) is 20.2. The molecule has 0 N–H and O–H groups in total. The van der Waals surface area contributed by atoms with Crippen LogP contribution in [0.4, 0.5) is 10.5 Å². The Hall–Kier alpha value is -1.47. The smallest absolute Gasteiger partial charge is 0.410 e. The first-order valence-electron chi connectivity index (χ1n) is 9.09. The third kappa shape index (κ3) is 3.90. The van der Waals surface area contributed by atoms with Gasteiger partial charge in [0.25, 0.3) is 0 Å². The van der Waals surface area contributed by atoms with Gasteiger partial charge in [-0.15, -0.1) is 0 Å². The first-order chi connectivity index (χ1) is 12.3. The second-order valence-electron chi connectivity index (χ2n) is 8.64. The number of halogens is 1. The van der Waals surface area contributed by atoms with Crippen molar-refractivity contribution in [3.63, 3.8) is 0 Å². The van der Waals surface area contributed by atoms with Gasteiger partial charge >= 0.3 is 6.09 Å². The van der Waals surface area contributed by atoms with Crippen LogP contribution in [0.15, 0.2) is 12.1 Å². The summed E-state index contributed by atoms with van der Waals surface area (Å²) in [7, 11) is -3.39. The van der Waals surface area contributed by atoms with Crippen molar-refractivity contribution in [2.24, 2.45) is 0 Å². The number of carbonyl (C=O) groups is 1. The molecule has 2 heterocycles. The number of piperidine rings is 1. The Morgan fingerprint density at radius 1 is 1.22 bits per heavy atom. The van der Waals surface area contributed by atoms with Gasteiger partial charge in [0.2, 0.25) is 10.0 Å². The van der Waals surface area contributed by atoms with E-state index in [1.165, 1.54) is 10.6 Å². The molecule has 0 saturated carbocycles. The largest absolute Gasteiger partial charge is 0.444 e. The van der Waals surface area contributed by atoms with E-state index >= 15 is 0 Å². The van der Waals surface area contributed by atoms with Crippen molar-refractivity contribution < 1.29 is 17.9 Å². The Morgan fingerprint density at radius 2 is 1.81 bits per heavy atom. The van der Waals surface area contributed by atoms with E-state index in [1.54, 1.807) is 4.90 Å². The number of nitrogens with zero attached hydrogens (tertiary/aromatic N) is 2. The summed E-state index contributed by atoms with van der Waals surface area (Å²) in [6, 6.07) is 3.76. The van der Waals surface area contributed by atoms with Crippen molar-refractivity contribution in [2.75, 3.05) is 30.2 Å². The number of aryl methyl sites for hydroxylation is 1. The van der Waals surface area contributed by atoms with Crippen molar-refractivity contribution in [2.45, 2.75) is 51.6 Å². The Balaban J connectivity index is 1.89. The number of ether oxygens (including phenoxy) is 1. The second kappa shape index (κ2) is 6.55. The molecule has 150 valence electrons. The van der Waals surface area contributed by atoms with Crippen LogP contribution in [0.1, 0.15) is 44.7 Å². The van der Waals surface area contributed by atoms with Gasteiger partial charge in [-0.2, -0.15) is 0 Å². The minimum absolute atomic E-state index is 0.322. The lowest BCUT2D eigenvalue weighted by atomic mass is 9.74. The van der Waals surface area contributed by atoms with Crippen molar-refractivity contribution in [1.29, 1.82) is 0 Å². The Bertz CT molecular complexity index is 868. The number of carbonyl (C=O) groups excluding carboxylic acids is 1. The third-order valence-electron chi connectivity index (χ3n) is 5.34. The standard InChI is InChI=1S/C19H27ClN2O4S/c1-13-10-16-14(11-15(13)20)19(12-22(16)27(5,24)25)6-8-21(9-7-19)17(23)26-18(2,3)4/h10-11H,6-9,12H2,1-5H3. The van der Waals surface area contributed by atoms with Gasteiger partial charge in [-0.25, -0.2) is 13.2 Å². The predicted molar refractivity (Wildman–Crippen MR) is 107 cm³/mol. The predicted octanol–water partition coefficient (Wildman–Crippen LogP) is 3.70. The summed E-state index contributed by atoms with van der Waals surface area (Å²) < 4.78 is 31.7. The van der Waals surface area contributed by atoms with Gasteiger partial charge < -0.3 is 9.64 Å². The average molecular weight is 415 g/mol. The van der Waals surface area contributed by atoms with Gasteiger partial charge in [0.05, 0.1) is 11.9 Å². The molecule has 0 aliphatic carbocycles. The Kier molecular flexibility index (Phi) is 4.92. The van der Waals surface area contributed by atoms with Crippen molar-refractivity contribution in [1.82, 2.24) is 4.90 Å².